The highest BCUT2D eigenvalue weighted by Crippen LogP contribution is 2.29. The summed E-state index contributed by atoms with van der Waals surface area (Å²) in [6.07, 6.45) is 6.42. The molecule has 1 aliphatic rings. The Balaban J connectivity index is 1.62. The number of unbranched alkanes of at least 4 members (excludes halogenated alkanes) is 3. The van der Waals surface area contributed by atoms with Gasteiger partial charge in [0.05, 0.1) is 12.6 Å². The molecule has 0 spiro atoms. The molecular formula is C27H36N2O2. The number of aryl methyl sites for hydroxylation is 1. The number of hydrogen-bond donors (Lipinski definition) is 0. The molecule has 2 aromatic carbocycles. The lowest BCUT2D eigenvalue weighted by atomic mass is 9.93. The molecule has 0 aliphatic carbocycles. The van der Waals surface area contributed by atoms with E-state index in [2.05, 4.69) is 44.2 Å². The molecule has 2 amide bonds. The van der Waals surface area contributed by atoms with E-state index >= 15 is 0 Å². The lowest BCUT2D eigenvalue weighted by molar-refractivity contribution is -0.142. The second-order valence-corrected chi connectivity index (χ2v) is 8.57. The summed E-state index contributed by atoms with van der Waals surface area (Å²) in [6, 6.07) is 18.5. The van der Waals surface area contributed by atoms with Gasteiger partial charge in [-0.3, -0.25) is 9.59 Å². The minimum absolute atomic E-state index is 0.0545. The van der Waals surface area contributed by atoms with Gasteiger partial charge in [-0.15, -0.1) is 0 Å². The van der Waals surface area contributed by atoms with Gasteiger partial charge in [0.15, 0.2) is 0 Å². The summed E-state index contributed by atoms with van der Waals surface area (Å²) in [5.41, 5.74) is 3.72. The summed E-state index contributed by atoms with van der Waals surface area (Å²) in [7, 11) is 0. The second kappa shape index (κ2) is 11.7. The maximum absolute atomic E-state index is 13.2. The minimum Gasteiger partial charge on any atom is -0.334 e. The zero-order chi connectivity index (χ0) is 22.1. The van der Waals surface area contributed by atoms with Gasteiger partial charge in [-0.2, -0.15) is 0 Å². The van der Waals surface area contributed by atoms with Crippen molar-refractivity contribution in [3.05, 3.63) is 71.3 Å². The van der Waals surface area contributed by atoms with Crippen LogP contribution in [0.4, 0.5) is 0 Å². The van der Waals surface area contributed by atoms with E-state index in [0.29, 0.717) is 19.4 Å². The standard InChI is InChI=1S/C27H36N2O2/c1-3-4-5-11-19-28(26(30)17-16-23-12-7-6-8-13-23)21-27(31)29-20-18-24-14-9-10-15-25(24)22(29)2/h6-10,12-15,22H,3-5,11,16-21H2,1-2H3. The molecule has 1 heterocycles. The lowest BCUT2D eigenvalue weighted by Crippen LogP contribution is -2.46. The van der Waals surface area contributed by atoms with Crippen LogP contribution in [0.25, 0.3) is 0 Å². The van der Waals surface area contributed by atoms with Crippen molar-refractivity contribution in [1.82, 2.24) is 9.80 Å². The van der Waals surface area contributed by atoms with E-state index in [1.165, 1.54) is 17.5 Å². The van der Waals surface area contributed by atoms with Crippen LogP contribution in [-0.4, -0.2) is 41.2 Å². The van der Waals surface area contributed by atoms with Crippen LogP contribution >= 0.6 is 0 Å². The van der Waals surface area contributed by atoms with E-state index in [1.807, 2.05) is 29.2 Å². The van der Waals surface area contributed by atoms with Gasteiger partial charge in [0.2, 0.25) is 11.8 Å². The van der Waals surface area contributed by atoms with E-state index in [1.54, 1.807) is 4.90 Å². The molecule has 0 saturated heterocycles. The van der Waals surface area contributed by atoms with Gasteiger partial charge in [-0.1, -0.05) is 80.8 Å². The fraction of sp³-hybridized carbons (Fsp3) is 0.481. The Bertz CT molecular complexity index is 849. The van der Waals surface area contributed by atoms with Crippen molar-refractivity contribution >= 4 is 11.8 Å². The monoisotopic (exact) mass is 420 g/mol. The van der Waals surface area contributed by atoms with Gasteiger partial charge in [-0.25, -0.2) is 0 Å². The first-order valence-corrected chi connectivity index (χ1v) is 11.8. The highest BCUT2D eigenvalue weighted by Gasteiger charge is 2.29. The quantitative estimate of drug-likeness (QED) is 0.497. The number of amides is 2. The Labute approximate surface area is 187 Å². The smallest absolute Gasteiger partial charge is 0.242 e. The largest absolute Gasteiger partial charge is 0.334 e. The summed E-state index contributed by atoms with van der Waals surface area (Å²) in [5.74, 6) is 0.143. The van der Waals surface area contributed by atoms with E-state index in [9.17, 15) is 9.59 Å². The fourth-order valence-corrected chi connectivity index (χ4v) is 4.44. The average Bonchev–Trinajstić information content (AvgIpc) is 2.80. The normalized spacial score (nSPS) is 15.4. The molecule has 31 heavy (non-hydrogen) atoms. The molecule has 2 aromatic rings. The number of hydrogen-bond acceptors (Lipinski definition) is 2. The number of fused-ring (bicyclic) bond motifs is 1. The molecule has 0 fully saturated rings. The van der Waals surface area contributed by atoms with Crippen LogP contribution in [0.5, 0.6) is 0 Å². The maximum Gasteiger partial charge on any atom is 0.242 e. The molecule has 3 rings (SSSR count). The molecule has 0 saturated carbocycles. The molecule has 1 aliphatic heterocycles. The molecule has 0 bridgehead atoms. The Morgan fingerprint density at radius 1 is 1.00 bits per heavy atom. The van der Waals surface area contributed by atoms with Crippen LogP contribution in [0, 0.1) is 0 Å². The Kier molecular flexibility index (Phi) is 8.69. The first-order chi connectivity index (χ1) is 15.1. The summed E-state index contributed by atoms with van der Waals surface area (Å²) in [6.45, 7) is 5.85. The first-order valence-electron chi connectivity index (χ1n) is 11.8. The molecule has 166 valence electrons. The number of nitrogens with zero attached hydrogens (tertiary/aromatic N) is 2. The van der Waals surface area contributed by atoms with Crippen molar-refractivity contribution < 1.29 is 9.59 Å². The first kappa shape index (κ1) is 23.1. The number of carbonyl (C=O) groups is 2. The van der Waals surface area contributed by atoms with Crippen molar-refractivity contribution in [3.63, 3.8) is 0 Å². The highest BCUT2D eigenvalue weighted by molar-refractivity contribution is 5.85. The SMILES string of the molecule is CCCCCCN(CC(=O)N1CCc2ccccc2C1C)C(=O)CCc1ccccc1. The van der Waals surface area contributed by atoms with E-state index in [4.69, 9.17) is 0 Å². The van der Waals surface area contributed by atoms with Crippen LogP contribution in [0.2, 0.25) is 0 Å². The molecule has 1 unspecified atom stereocenters. The van der Waals surface area contributed by atoms with Gasteiger partial charge < -0.3 is 9.80 Å². The van der Waals surface area contributed by atoms with Crippen molar-refractivity contribution in [2.75, 3.05) is 19.6 Å². The van der Waals surface area contributed by atoms with Crippen LogP contribution < -0.4 is 0 Å². The molecule has 1 atom stereocenters. The van der Waals surface area contributed by atoms with Gasteiger partial charge in [0, 0.05) is 19.5 Å². The summed E-state index contributed by atoms with van der Waals surface area (Å²) in [4.78, 5) is 30.0. The Morgan fingerprint density at radius 2 is 1.74 bits per heavy atom. The van der Waals surface area contributed by atoms with Crippen molar-refractivity contribution in [1.29, 1.82) is 0 Å². The molecule has 4 nitrogen and oxygen atoms in total. The predicted molar refractivity (Wildman–Crippen MR) is 126 cm³/mol. The zero-order valence-corrected chi connectivity index (χ0v) is 19.1. The van der Waals surface area contributed by atoms with E-state index < -0.39 is 0 Å². The van der Waals surface area contributed by atoms with Crippen molar-refractivity contribution in [2.24, 2.45) is 0 Å². The highest BCUT2D eigenvalue weighted by atomic mass is 16.2. The van der Waals surface area contributed by atoms with Gasteiger partial charge >= 0.3 is 0 Å². The molecule has 0 N–H and O–H groups in total. The third-order valence-electron chi connectivity index (χ3n) is 6.35. The summed E-state index contributed by atoms with van der Waals surface area (Å²) >= 11 is 0. The molecular weight excluding hydrogens is 384 g/mol. The number of carbonyl (C=O) groups excluding carboxylic acids is 2. The maximum atomic E-state index is 13.2. The van der Waals surface area contributed by atoms with E-state index in [0.717, 1.165) is 37.8 Å². The van der Waals surface area contributed by atoms with Gasteiger partial charge in [0.1, 0.15) is 0 Å². The summed E-state index contributed by atoms with van der Waals surface area (Å²) < 4.78 is 0. The van der Waals surface area contributed by atoms with Crippen molar-refractivity contribution in [3.8, 4) is 0 Å². The predicted octanol–water partition coefficient (Wildman–Crippen LogP) is 5.17. The topological polar surface area (TPSA) is 40.6 Å². The Morgan fingerprint density at radius 3 is 2.52 bits per heavy atom. The summed E-state index contributed by atoms with van der Waals surface area (Å²) in [5, 5.41) is 0. The molecule has 0 aromatic heterocycles. The van der Waals surface area contributed by atoms with Gasteiger partial charge in [0.25, 0.3) is 0 Å². The van der Waals surface area contributed by atoms with Crippen molar-refractivity contribution in [2.45, 2.75) is 64.8 Å². The lowest BCUT2D eigenvalue weighted by Gasteiger charge is -2.36. The molecule has 0 radical (unpaired) electrons. The van der Waals surface area contributed by atoms with Crippen LogP contribution in [0.15, 0.2) is 54.6 Å². The van der Waals surface area contributed by atoms with Crippen LogP contribution in [0.1, 0.15) is 68.7 Å². The van der Waals surface area contributed by atoms with Crippen LogP contribution in [0.3, 0.4) is 0 Å². The van der Waals surface area contributed by atoms with Crippen LogP contribution in [-0.2, 0) is 22.4 Å². The van der Waals surface area contributed by atoms with Gasteiger partial charge in [-0.05, 0) is 42.9 Å². The third kappa shape index (κ3) is 6.43. The Hall–Kier alpha value is -2.62. The number of rotatable bonds is 10. The minimum atomic E-state index is 0.0545. The third-order valence-corrected chi connectivity index (χ3v) is 6.35. The fourth-order valence-electron chi connectivity index (χ4n) is 4.44. The van der Waals surface area contributed by atoms with E-state index in [-0.39, 0.29) is 24.4 Å². The second-order valence-electron chi connectivity index (χ2n) is 8.57. The zero-order valence-electron chi connectivity index (χ0n) is 19.1. The average molecular weight is 421 g/mol. The molecule has 4 heteroatoms. The number of benzene rings is 2.